The van der Waals surface area contributed by atoms with Crippen LogP contribution < -0.4 is 5.32 Å². The highest BCUT2D eigenvalue weighted by molar-refractivity contribution is 6.05. The van der Waals surface area contributed by atoms with Gasteiger partial charge in [0.1, 0.15) is 5.75 Å². The quantitative estimate of drug-likeness (QED) is 0.717. The molecular weight excluding hydrogens is 354 g/mol. The minimum atomic E-state index is -0.656. The smallest absolute Gasteiger partial charge is 0.268 e. The fraction of sp³-hybridized carbons (Fsp3) is 0.136. The number of rotatable bonds is 5. The molecule has 0 spiro atoms. The number of phenols is 1. The molecule has 1 aromatic heterocycles. The molecule has 0 aliphatic carbocycles. The Balaban J connectivity index is 1.35. The number of para-hydroxylation sites is 1. The van der Waals surface area contributed by atoms with Gasteiger partial charge in [0.05, 0.1) is 5.71 Å². The molecule has 28 heavy (non-hydrogen) atoms. The maximum atomic E-state index is 12.5. The van der Waals surface area contributed by atoms with Crippen LogP contribution >= 0.6 is 0 Å². The molecule has 0 bridgehead atoms. The number of phenolic OH excluding ortho intramolecular Hbond substituents is 1. The van der Waals surface area contributed by atoms with Gasteiger partial charge in [0, 0.05) is 36.5 Å². The van der Waals surface area contributed by atoms with Gasteiger partial charge in [0.15, 0.2) is 0 Å². The van der Waals surface area contributed by atoms with Gasteiger partial charge in [0.25, 0.3) is 5.91 Å². The van der Waals surface area contributed by atoms with Crippen molar-refractivity contribution in [2.45, 2.75) is 18.9 Å². The van der Waals surface area contributed by atoms with Gasteiger partial charge in [-0.3, -0.25) is 9.78 Å². The molecule has 140 valence electrons. The Morgan fingerprint density at radius 2 is 1.93 bits per heavy atom. The van der Waals surface area contributed by atoms with E-state index in [-0.39, 0.29) is 11.7 Å². The Morgan fingerprint density at radius 3 is 2.68 bits per heavy atom. The molecule has 1 amide bonds. The summed E-state index contributed by atoms with van der Waals surface area (Å²) in [4.78, 5) is 21.8. The fourth-order valence-electron chi connectivity index (χ4n) is 3.03. The van der Waals surface area contributed by atoms with Crippen LogP contribution in [0.4, 0.5) is 5.69 Å². The molecule has 3 aromatic rings. The SMILES string of the molecule is O=C(Nc1ccc(Cc2ccccc2O)cc1)[C@@H]1CC(c2cccnc2)=NO1. The number of aromatic nitrogens is 1. The Hall–Kier alpha value is -3.67. The number of oxime groups is 1. The number of nitrogens with zero attached hydrogens (tertiary/aromatic N) is 2. The van der Waals surface area contributed by atoms with E-state index in [4.69, 9.17) is 4.84 Å². The molecule has 4 rings (SSSR count). The van der Waals surface area contributed by atoms with Gasteiger partial charge in [0.2, 0.25) is 6.10 Å². The molecule has 6 heteroatoms. The van der Waals surface area contributed by atoms with E-state index in [9.17, 15) is 9.90 Å². The predicted molar refractivity (Wildman–Crippen MR) is 106 cm³/mol. The number of pyridine rings is 1. The summed E-state index contributed by atoms with van der Waals surface area (Å²) in [5.41, 5.74) is 4.15. The number of carbonyl (C=O) groups is 1. The monoisotopic (exact) mass is 373 g/mol. The van der Waals surface area contributed by atoms with Crippen molar-refractivity contribution in [3.8, 4) is 5.75 Å². The molecule has 1 aliphatic rings. The first-order valence-corrected chi connectivity index (χ1v) is 8.99. The van der Waals surface area contributed by atoms with Crippen LogP contribution in [0.25, 0.3) is 0 Å². The first-order chi connectivity index (χ1) is 13.7. The number of hydrogen-bond acceptors (Lipinski definition) is 5. The van der Waals surface area contributed by atoms with E-state index in [0.29, 0.717) is 24.2 Å². The Kier molecular flexibility index (Phi) is 5.01. The van der Waals surface area contributed by atoms with E-state index in [1.54, 1.807) is 24.5 Å². The van der Waals surface area contributed by atoms with Crippen molar-refractivity contribution in [1.29, 1.82) is 0 Å². The zero-order valence-corrected chi connectivity index (χ0v) is 15.1. The molecule has 6 nitrogen and oxygen atoms in total. The van der Waals surface area contributed by atoms with E-state index in [1.807, 2.05) is 48.5 Å². The van der Waals surface area contributed by atoms with Crippen molar-refractivity contribution >= 4 is 17.3 Å². The Morgan fingerprint density at radius 1 is 1.11 bits per heavy atom. The standard InChI is InChI=1S/C22H19N3O3/c26-20-6-2-1-4-16(20)12-15-7-9-18(10-8-15)24-22(27)21-13-19(25-28-21)17-5-3-11-23-14-17/h1-11,14,21,26H,12-13H2,(H,24,27)/t21-/m0/s1. The van der Waals surface area contributed by atoms with Crippen LogP contribution in [0.5, 0.6) is 5.75 Å². The summed E-state index contributed by atoms with van der Waals surface area (Å²) in [5, 5.41) is 16.8. The van der Waals surface area contributed by atoms with Gasteiger partial charge in [-0.05, 0) is 41.5 Å². The van der Waals surface area contributed by atoms with Gasteiger partial charge >= 0.3 is 0 Å². The summed E-state index contributed by atoms with van der Waals surface area (Å²) < 4.78 is 0. The van der Waals surface area contributed by atoms with Crippen molar-refractivity contribution in [1.82, 2.24) is 4.98 Å². The highest BCUT2D eigenvalue weighted by atomic mass is 16.6. The molecule has 0 saturated heterocycles. The normalized spacial score (nSPS) is 15.6. The lowest BCUT2D eigenvalue weighted by Gasteiger charge is -2.10. The molecular formula is C22H19N3O3. The molecule has 2 aromatic carbocycles. The molecule has 1 atom stereocenters. The lowest BCUT2D eigenvalue weighted by Crippen LogP contribution is -2.28. The summed E-state index contributed by atoms with van der Waals surface area (Å²) >= 11 is 0. The molecule has 0 radical (unpaired) electrons. The molecule has 1 aliphatic heterocycles. The van der Waals surface area contributed by atoms with Crippen molar-refractivity contribution in [3.05, 3.63) is 89.7 Å². The zero-order chi connectivity index (χ0) is 19.3. The van der Waals surface area contributed by atoms with E-state index in [2.05, 4.69) is 15.5 Å². The van der Waals surface area contributed by atoms with E-state index in [0.717, 1.165) is 16.7 Å². The zero-order valence-electron chi connectivity index (χ0n) is 15.1. The van der Waals surface area contributed by atoms with Crippen LogP contribution in [0, 0.1) is 0 Å². The molecule has 2 heterocycles. The number of benzene rings is 2. The van der Waals surface area contributed by atoms with Crippen LogP contribution in [0.3, 0.4) is 0 Å². The summed E-state index contributed by atoms with van der Waals surface area (Å²) in [5.74, 6) is 0.0405. The number of amides is 1. The van der Waals surface area contributed by atoms with Gasteiger partial charge in [-0.15, -0.1) is 0 Å². The number of anilines is 1. The number of aromatic hydroxyl groups is 1. The summed E-state index contributed by atoms with van der Waals surface area (Å²) in [6.45, 7) is 0. The number of nitrogens with one attached hydrogen (secondary N) is 1. The molecule has 0 unspecified atom stereocenters. The predicted octanol–water partition coefficient (Wildman–Crippen LogP) is 3.51. The minimum Gasteiger partial charge on any atom is -0.508 e. The van der Waals surface area contributed by atoms with Crippen molar-refractivity contribution in [3.63, 3.8) is 0 Å². The van der Waals surface area contributed by atoms with Crippen LogP contribution in [-0.2, 0) is 16.1 Å². The highest BCUT2D eigenvalue weighted by Crippen LogP contribution is 2.22. The van der Waals surface area contributed by atoms with Crippen LogP contribution in [-0.4, -0.2) is 27.8 Å². The first-order valence-electron chi connectivity index (χ1n) is 8.99. The lowest BCUT2D eigenvalue weighted by molar-refractivity contribution is -0.125. The Bertz CT molecular complexity index is 1000. The summed E-state index contributed by atoms with van der Waals surface area (Å²) in [6, 6.07) is 18.5. The average Bonchev–Trinajstić information content (AvgIpc) is 3.22. The largest absolute Gasteiger partial charge is 0.508 e. The van der Waals surface area contributed by atoms with Crippen molar-refractivity contribution in [2.75, 3.05) is 5.32 Å². The highest BCUT2D eigenvalue weighted by Gasteiger charge is 2.29. The van der Waals surface area contributed by atoms with Gasteiger partial charge < -0.3 is 15.3 Å². The van der Waals surface area contributed by atoms with Crippen molar-refractivity contribution < 1.29 is 14.7 Å². The third kappa shape index (κ3) is 4.01. The van der Waals surface area contributed by atoms with Gasteiger partial charge in [-0.1, -0.05) is 35.5 Å². The average molecular weight is 373 g/mol. The second-order valence-corrected chi connectivity index (χ2v) is 6.57. The van der Waals surface area contributed by atoms with Crippen molar-refractivity contribution in [2.24, 2.45) is 5.16 Å². The Labute approximate surface area is 162 Å². The minimum absolute atomic E-state index is 0.240. The molecule has 0 fully saturated rings. The maximum absolute atomic E-state index is 12.5. The second kappa shape index (κ2) is 7.92. The number of hydrogen-bond donors (Lipinski definition) is 2. The van der Waals surface area contributed by atoms with Gasteiger partial charge in [-0.2, -0.15) is 0 Å². The number of carbonyl (C=O) groups excluding carboxylic acids is 1. The molecule has 2 N–H and O–H groups in total. The van der Waals surface area contributed by atoms with E-state index >= 15 is 0 Å². The summed E-state index contributed by atoms with van der Waals surface area (Å²) in [6.07, 6.45) is 3.76. The summed E-state index contributed by atoms with van der Waals surface area (Å²) in [7, 11) is 0. The third-order valence-electron chi connectivity index (χ3n) is 4.56. The maximum Gasteiger partial charge on any atom is 0.268 e. The lowest BCUT2D eigenvalue weighted by atomic mass is 10.0. The van der Waals surface area contributed by atoms with Gasteiger partial charge in [-0.25, -0.2) is 0 Å². The molecule has 0 saturated carbocycles. The third-order valence-corrected chi connectivity index (χ3v) is 4.56. The van der Waals surface area contributed by atoms with E-state index in [1.165, 1.54) is 0 Å². The topological polar surface area (TPSA) is 83.8 Å². The van der Waals surface area contributed by atoms with Crippen LogP contribution in [0.1, 0.15) is 23.1 Å². The van der Waals surface area contributed by atoms with Crippen LogP contribution in [0.2, 0.25) is 0 Å². The first kappa shape index (κ1) is 17.7. The fourth-order valence-corrected chi connectivity index (χ4v) is 3.03. The van der Waals surface area contributed by atoms with E-state index < -0.39 is 6.10 Å². The van der Waals surface area contributed by atoms with Crippen LogP contribution in [0.15, 0.2) is 78.2 Å². The second-order valence-electron chi connectivity index (χ2n) is 6.57.